The molecular weight excluding hydrogens is 242 g/mol. The number of nitrogens with two attached hydrogens (primary N) is 1. The highest BCUT2D eigenvalue weighted by molar-refractivity contribution is 5.98. The van der Waals surface area contributed by atoms with Gasteiger partial charge in [-0.05, 0) is 37.1 Å². The fourth-order valence-electron chi connectivity index (χ4n) is 2.36. The van der Waals surface area contributed by atoms with Crippen LogP contribution in [0.5, 0.6) is 0 Å². The summed E-state index contributed by atoms with van der Waals surface area (Å²) in [6, 6.07) is 6.47. The van der Waals surface area contributed by atoms with Crippen LogP contribution in [-0.2, 0) is 4.79 Å². The van der Waals surface area contributed by atoms with Gasteiger partial charge in [0.05, 0.1) is 0 Å². The van der Waals surface area contributed by atoms with Gasteiger partial charge in [-0.2, -0.15) is 0 Å². The van der Waals surface area contributed by atoms with Gasteiger partial charge in [-0.15, -0.1) is 0 Å². The second-order valence-electron chi connectivity index (χ2n) is 5.01. The monoisotopic (exact) mass is 261 g/mol. The highest BCUT2D eigenvalue weighted by Crippen LogP contribution is 2.21. The van der Waals surface area contributed by atoms with E-state index in [1.54, 1.807) is 48.2 Å². The van der Waals surface area contributed by atoms with Gasteiger partial charge in [-0.3, -0.25) is 9.59 Å². The summed E-state index contributed by atoms with van der Waals surface area (Å²) in [4.78, 5) is 27.7. The van der Waals surface area contributed by atoms with E-state index in [4.69, 9.17) is 5.73 Å². The third kappa shape index (κ3) is 2.70. The van der Waals surface area contributed by atoms with E-state index in [2.05, 4.69) is 0 Å². The number of benzene rings is 1. The molecule has 0 radical (unpaired) electrons. The van der Waals surface area contributed by atoms with Gasteiger partial charge in [0.15, 0.2) is 0 Å². The smallest absolute Gasteiger partial charge is 0.254 e. The standard InChI is InChI=1S/C14H19N3O2/c1-16(2)14(19)12-4-3-9-17(12)13(18)10-5-7-11(15)8-6-10/h5-8,12H,3-4,9,15H2,1-2H3. The van der Waals surface area contributed by atoms with Crippen molar-refractivity contribution in [3.8, 4) is 0 Å². The average molecular weight is 261 g/mol. The molecule has 1 aromatic rings. The molecule has 1 aromatic carbocycles. The normalized spacial score (nSPS) is 18.4. The molecule has 1 aliphatic rings. The van der Waals surface area contributed by atoms with Crippen molar-refractivity contribution in [2.24, 2.45) is 0 Å². The molecule has 1 atom stereocenters. The summed E-state index contributed by atoms with van der Waals surface area (Å²) in [7, 11) is 3.43. The Labute approximate surface area is 113 Å². The molecule has 0 spiro atoms. The molecule has 0 aromatic heterocycles. The first kappa shape index (κ1) is 13.4. The molecule has 19 heavy (non-hydrogen) atoms. The largest absolute Gasteiger partial charge is 0.399 e. The zero-order chi connectivity index (χ0) is 14.0. The fourth-order valence-corrected chi connectivity index (χ4v) is 2.36. The quantitative estimate of drug-likeness (QED) is 0.806. The number of carbonyl (C=O) groups is 2. The lowest BCUT2D eigenvalue weighted by Gasteiger charge is -2.26. The molecule has 2 rings (SSSR count). The first-order valence-corrected chi connectivity index (χ1v) is 6.38. The van der Waals surface area contributed by atoms with E-state index in [-0.39, 0.29) is 17.9 Å². The number of anilines is 1. The Kier molecular flexibility index (Phi) is 3.74. The Morgan fingerprint density at radius 1 is 1.26 bits per heavy atom. The number of carbonyl (C=O) groups excluding carboxylic acids is 2. The van der Waals surface area contributed by atoms with Crippen molar-refractivity contribution in [2.45, 2.75) is 18.9 Å². The molecule has 0 aliphatic carbocycles. The maximum Gasteiger partial charge on any atom is 0.254 e. The third-order valence-electron chi connectivity index (χ3n) is 3.40. The van der Waals surface area contributed by atoms with Crippen LogP contribution < -0.4 is 5.73 Å². The van der Waals surface area contributed by atoms with Gasteiger partial charge in [-0.25, -0.2) is 0 Å². The zero-order valence-corrected chi connectivity index (χ0v) is 11.3. The molecule has 0 bridgehead atoms. The topological polar surface area (TPSA) is 66.6 Å². The highest BCUT2D eigenvalue weighted by Gasteiger charge is 2.35. The second kappa shape index (κ2) is 5.30. The lowest BCUT2D eigenvalue weighted by Crippen LogP contribution is -2.45. The van der Waals surface area contributed by atoms with Crippen LogP contribution in [0.25, 0.3) is 0 Å². The summed E-state index contributed by atoms with van der Waals surface area (Å²) in [5, 5.41) is 0. The molecule has 102 valence electrons. The van der Waals surface area contributed by atoms with Gasteiger partial charge in [0.2, 0.25) is 5.91 Å². The van der Waals surface area contributed by atoms with E-state index in [0.29, 0.717) is 17.8 Å². The van der Waals surface area contributed by atoms with E-state index in [9.17, 15) is 9.59 Å². The summed E-state index contributed by atoms with van der Waals surface area (Å²) < 4.78 is 0. The molecule has 5 heteroatoms. The molecule has 5 nitrogen and oxygen atoms in total. The molecule has 0 saturated carbocycles. The maximum absolute atomic E-state index is 12.4. The summed E-state index contributed by atoms with van der Waals surface area (Å²) in [6.45, 7) is 0.632. The van der Waals surface area contributed by atoms with Gasteiger partial charge in [0.1, 0.15) is 6.04 Å². The number of nitrogen functional groups attached to an aromatic ring is 1. The molecule has 1 unspecified atom stereocenters. The SMILES string of the molecule is CN(C)C(=O)C1CCCN1C(=O)c1ccc(N)cc1. The number of likely N-dealkylation sites (N-methyl/N-ethyl adjacent to an activating group) is 1. The van der Waals surface area contributed by atoms with Gasteiger partial charge in [0, 0.05) is 31.9 Å². The Balaban J connectivity index is 2.18. The molecule has 1 heterocycles. The molecular formula is C14H19N3O2. The first-order valence-electron chi connectivity index (χ1n) is 6.38. The number of amides is 2. The molecule has 1 saturated heterocycles. The van der Waals surface area contributed by atoms with E-state index in [0.717, 1.165) is 12.8 Å². The fraction of sp³-hybridized carbons (Fsp3) is 0.429. The van der Waals surface area contributed by atoms with Gasteiger partial charge < -0.3 is 15.5 Å². The van der Waals surface area contributed by atoms with Gasteiger partial charge >= 0.3 is 0 Å². The molecule has 1 fully saturated rings. The van der Waals surface area contributed by atoms with E-state index in [1.807, 2.05) is 0 Å². The van der Waals surface area contributed by atoms with Crippen molar-refractivity contribution < 1.29 is 9.59 Å². The van der Waals surface area contributed by atoms with E-state index < -0.39 is 0 Å². The van der Waals surface area contributed by atoms with Crippen LogP contribution >= 0.6 is 0 Å². The lowest BCUT2D eigenvalue weighted by molar-refractivity contribution is -0.132. The Morgan fingerprint density at radius 2 is 1.89 bits per heavy atom. The Bertz CT molecular complexity index is 482. The molecule has 1 aliphatic heterocycles. The van der Waals surface area contributed by atoms with Crippen LogP contribution in [0.3, 0.4) is 0 Å². The molecule has 2 N–H and O–H groups in total. The van der Waals surface area contributed by atoms with Gasteiger partial charge in [-0.1, -0.05) is 0 Å². The minimum Gasteiger partial charge on any atom is -0.399 e. The Morgan fingerprint density at radius 3 is 2.47 bits per heavy atom. The maximum atomic E-state index is 12.4. The average Bonchev–Trinajstić information content (AvgIpc) is 2.86. The van der Waals surface area contributed by atoms with E-state index >= 15 is 0 Å². The van der Waals surface area contributed by atoms with Crippen molar-refractivity contribution in [2.75, 3.05) is 26.4 Å². The summed E-state index contributed by atoms with van der Waals surface area (Å²) in [5.41, 5.74) is 6.81. The van der Waals surface area contributed by atoms with Crippen molar-refractivity contribution in [3.05, 3.63) is 29.8 Å². The number of hydrogen-bond donors (Lipinski definition) is 1. The molecule has 2 amide bonds. The van der Waals surface area contributed by atoms with Crippen LogP contribution in [0.2, 0.25) is 0 Å². The predicted octanol–water partition coefficient (Wildman–Crippen LogP) is 0.962. The van der Waals surface area contributed by atoms with Crippen molar-refractivity contribution >= 4 is 17.5 Å². The van der Waals surface area contributed by atoms with Crippen molar-refractivity contribution in [1.82, 2.24) is 9.80 Å². The predicted molar refractivity (Wildman–Crippen MR) is 73.6 cm³/mol. The highest BCUT2D eigenvalue weighted by atomic mass is 16.2. The van der Waals surface area contributed by atoms with Gasteiger partial charge in [0.25, 0.3) is 5.91 Å². The summed E-state index contributed by atoms with van der Waals surface area (Å²) >= 11 is 0. The number of nitrogens with zero attached hydrogens (tertiary/aromatic N) is 2. The first-order chi connectivity index (χ1) is 9.00. The van der Waals surface area contributed by atoms with Crippen molar-refractivity contribution in [1.29, 1.82) is 0 Å². The minimum atomic E-state index is -0.333. The lowest BCUT2D eigenvalue weighted by atomic mass is 10.1. The van der Waals surface area contributed by atoms with Crippen LogP contribution in [0.4, 0.5) is 5.69 Å². The summed E-state index contributed by atoms with van der Waals surface area (Å²) in [6.07, 6.45) is 1.60. The summed E-state index contributed by atoms with van der Waals surface area (Å²) in [5.74, 6) is -0.112. The third-order valence-corrected chi connectivity index (χ3v) is 3.40. The van der Waals surface area contributed by atoms with Crippen LogP contribution in [0.15, 0.2) is 24.3 Å². The van der Waals surface area contributed by atoms with Crippen molar-refractivity contribution in [3.63, 3.8) is 0 Å². The number of hydrogen-bond acceptors (Lipinski definition) is 3. The van der Waals surface area contributed by atoms with Crippen LogP contribution in [0.1, 0.15) is 23.2 Å². The van der Waals surface area contributed by atoms with Crippen LogP contribution in [-0.4, -0.2) is 48.3 Å². The number of rotatable bonds is 2. The number of likely N-dealkylation sites (tertiary alicyclic amines) is 1. The second-order valence-corrected chi connectivity index (χ2v) is 5.01. The Hall–Kier alpha value is -2.04. The van der Waals surface area contributed by atoms with E-state index in [1.165, 1.54) is 0 Å². The minimum absolute atomic E-state index is 0.0127. The zero-order valence-electron chi connectivity index (χ0n) is 11.3. The van der Waals surface area contributed by atoms with Crippen LogP contribution in [0, 0.1) is 0 Å².